The molecule has 12 atom stereocenters. The summed E-state index contributed by atoms with van der Waals surface area (Å²) in [5, 5.41) is 29.6. The molecule has 6 aliphatic rings. The number of hydrogen-bond donors (Lipinski definition) is 0. The Labute approximate surface area is 394 Å². The van der Waals surface area contributed by atoms with Gasteiger partial charge in [0.15, 0.2) is 0 Å². The van der Waals surface area contributed by atoms with Crippen LogP contribution in [0.3, 0.4) is 0 Å². The molecule has 0 aromatic carbocycles. The van der Waals surface area contributed by atoms with Crippen molar-refractivity contribution < 1.29 is 19.5 Å². The van der Waals surface area contributed by atoms with Crippen molar-refractivity contribution in [3.05, 3.63) is 31.9 Å². The third-order valence-corrected chi connectivity index (χ3v) is 16.9. The molecule has 6 aliphatic heterocycles. The fourth-order valence-electron chi connectivity index (χ4n) is 11.7. The van der Waals surface area contributed by atoms with E-state index in [9.17, 15) is 0 Å². The minimum Gasteiger partial charge on any atom is -0.661 e. The second kappa shape index (κ2) is 22.9. The van der Waals surface area contributed by atoms with Gasteiger partial charge in [0, 0.05) is 0 Å². The summed E-state index contributed by atoms with van der Waals surface area (Å²) in [7, 11) is 0. The molecule has 6 rings (SSSR count). The Morgan fingerprint density at radius 1 is 0.230 bits per heavy atom. The first-order valence-electron chi connectivity index (χ1n) is 25.5. The summed E-state index contributed by atoms with van der Waals surface area (Å²) in [6.45, 7) is 49.3. The van der Waals surface area contributed by atoms with Gasteiger partial charge in [0.2, 0.25) is 0 Å². The summed E-state index contributed by atoms with van der Waals surface area (Å²) in [5.41, 5.74) is 2.54. The fraction of sp³-hybridized carbons (Fsp3) is 1.00. The zero-order valence-corrected chi connectivity index (χ0v) is 45.4. The maximum Gasteiger partial charge on any atom is 6.00 e. The first-order chi connectivity index (χ1) is 27.5. The molecule has 0 aromatic heterocycles. The van der Waals surface area contributed by atoms with Crippen LogP contribution in [0.25, 0.3) is 31.9 Å². The largest absolute Gasteiger partial charge is 6.00 e. The molecule has 0 radical (unpaired) electrons. The molecule has 61 heavy (non-hydrogen) atoms. The Morgan fingerprint density at radius 3 is 0.443 bits per heavy atom. The maximum atomic E-state index is 4.94. The standard InChI is InChI=1S/3C18H34N2.Ru/c3*1-17(2,3)13-7-9-19-15(11-13)16-12-14(8-10-20-16)18(4,5)6;/h3*13-16H,7-12H2,1-6H3;/q3*-2;+6. The van der Waals surface area contributed by atoms with Gasteiger partial charge in [-0.25, -0.2) is 0 Å². The smallest absolute Gasteiger partial charge is 0.661 e. The Kier molecular flexibility index (Phi) is 20.9. The van der Waals surface area contributed by atoms with Crippen molar-refractivity contribution in [3.8, 4) is 0 Å². The van der Waals surface area contributed by atoms with Gasteiger partial charge in [-0.1, -0.05) is 202 Å². The minimum atomic E-state index is 0. The van der Waals surface area contributed by atoms with Crippen LogP contribution in [0, 0.1) is 68.0 Å². The minimum absolute atomic E-state index is 0. The maximum absolute atomic E-state index is 4.94. The third-order valence-electron chi connectivity index (χ3n) is 16.9. The predicted octanol–water partition coefficient (Wildman–Crippen LogP) is 16.1. The van der Waals surface area contributed by atoms with E-state index in [1.165, 1.54) is 77.0 Å². The molecule has 0 aliphatic carbocycles. The molecule has 356 valence electrons. The van der Waals surface area contributed by atoms with Crippen molar-refractivity contribution in [1.29, 1.82) is 0 Å². The second-order valence-corrected chi connectivity index (χ2v) is 27.4. The monoisotopic (exact) mass is 937 g/mol. The molecule has 6 saturated heterocycles. The second-order valence-electron chi connectivity index (χ2n) is 27.4. The van der Waals surface area contributed by atoms with Crippen molar-refractivity contribution >= 4 is 0 Å². The van der Waals surface area contributed by atoms with Crippen LogP contribution < -0.4 is 0 Å². The number of rotatable bonds is 3. The van der Waals surface area contributed by atoms with Gasteiger partial charge in [0.1, 0.15) is 0 Å². The molecule has 0 N–H and O–H groups in total. The van der Waals surface area contributed by atoms with Crippen LogP contribution >= 0.6 is 0 Å². The summed E-state index contributed by atoms with van der Waals surface area (Å²) >= 11 is 0. The molecule has 7 heteroatoms. The van der Waals surface area contributed by atoms with Crippen LogP contribution in [-0.4, -0.2) is 75.5 Å². The van der Waals surface area contributed by atoms with Crippen LogP contribution in [0.2, 0.25) is 0 Å². The summed E-state index contributed by atoms with van der Waals surface area (Å²) in [4.78, 5) is 0. The molecule has 0 amide bonds. The number of hydrogen-bond acceptors (Lipinski definition) is 0. The average molecular weight is 937 g/mol. The zero-order valence-electron chi connectivity index (χ0n) is 43.7. The number of piperidine rings is 6. The first-order valence-corrected chi connectivity index (χ1v) is 25.5. The molecule has 6 fully saturated rings. The first kappa shape index (κ1) is 55.7. The molecule has 0 spiro atoms. The van der Waals surface area contributed by atoms with Gasteiger partial charge in [0.25, 0.3) is 0 Å². The van der Waals surface area contributed by atoms with Gasteiger partial charge in [-0.15, -0.1) is 39.3 Å². The molecule has 0 aromatic rings. The molecule has 12 unspecified atom stereocenters. The summed E-state index contributed by atoms with van der Waals surface area (Å²) in [6, 6.07) is 2.99. The SMILES string of the molecule is CC(C)(C)C1CC[N-]C(C2CC(C(C)(C)C)CC[N-]2)C1.CC(C)(C)C1CC[N-]C(C2CC(C(C)(C)C)CC[N-]2)C1.CC(C)(C)C1CC[N-]C(C2CC(C(C)(C)C)CC[N-]2)C1.[Ru+6]. The van der Waals surface area contributed by atoms with E-state index in [-0.39, 0.29) is 19.5 Å². The quantitative estimate of drug-likeness (QED) is 0.253. The Morgan fingerprint density at radius 2 is 0.344 bits per heavy atom. The van der Waals surface area contributed by atoms with E-state index in [2.05, 4.69) is 125 Å². The van der Waals surface area contributed by atoms with Crippen molar-refractivity contribution in [3.63, 3.8) is 0 Å². The van der Waals surface area contributed by atoms with Gasteiger partial charge in [-0.05, 0) is 68.0 Å². The van der Waals surface area contributed by atoms with Gasteiger partial charge in [0.05, 0.1) is 0 Å². The molecule has 6 nitrogen and oxygen atoms in total. The van der Waals surface area contributed by atoms with Gasteiger partial charge in [-0.2, -0.15) is 36.3 Å². The van der Waals surface area contributed by atoms with Crippen LogP contribution in [0.4, 0.5) is 0 Å². The summed E-state index contributed by atoms with van der Waals surface area (Å²) in [6.07, 6.45) is 15.2. The van der Waals surface area contributed by atoms with E-state index >= 15 is 0 Å². The Balaban J connectivity index is 0.000000242. The van der Waals surface area contributed by atoms with Crippen molar-refractivity contribution in [2.24, 2.45) is 68.0 Å². The van der Waals surface area contributed by atoms with Crippen molar-refractivity contribution in [2.75, 3.05) is 39.3 Å². The normalized spacial score (nSPS) is 36.3. The third kappa shape index (κ3) is 17.5. The molecular formula is C54H102N6Ru. The average Bonchev–Trinajstić information content (AvgIpc) is 3.17. The summed E-state index contributed by atoms with van der Waals surface area (Å²) in [5.74, 6) is 4.89. The van der Waals surface area contributed by atoms with Crippen LogP contribution in [0.5, 0.6) is 0 Å². The van der Waals surface area contributed by atoms with E-state index in [0.717, 1.165) is 74.8 Å². The predicted molar refractivity (Wildman–Crippen MR) is 265 cm³/mol. The van der Waals surface area contributed by atoms with Crippen LogP contribution in [-0.2, 0) is 19.5 Å². The van der Waals surface area contributed by atoms with E-state index in [1.54, 1.807) is 0 Å². The Hall–Kier alpha value is 0.383. The van der Waals surface area contributed by atoms with E-state index in [0.29, 0.717) is 68.7 Å². The van der Waals surface area contributed by atoms with Crippen LogP contribution in [0.15, 0.2) is 0 Å². The molecule has 0 saturated carbocycles. The van der Waals surface area contributed by atoms with Gasteiger partial charge < -0.3 is 31.9 Å². The molecular weight excluding hydrogens is 834 g/mol. The molecule has 6 heterocycles. The fourth-order valence-corrected chi connectivity index (χ4v) is 11.7. The Bertz CT molecular complexity index is 995. The summed E-state index contributed by atoms with van der Waals surface area (Å²) < 4.78 is 0. The molecule has 0 bridgehead atoms. The number of nitrogens with zero attached hydrogens (tertiary/aromatic N) is 6. The topological polar surface area (TPSA) is 84.6 Å². The van der Waals surface area contributed by atoms with E-state index in [1.807, 2.05) is 0 Å². The van der Waals surface area contributed by atoms with Gasteiger partial charge in [-0.3, -0.25) is 0 Å². The van der Waals surface area contributed by atoms with E-state index in [4.69, 9.17) is 31.9 Å². The van der Waals surface area contributed by atoms with Crippen molar-refractivity contribution in [2.45, 2.75) is 238 Å². The van der Waals surface area contributed by atoms with E-state index < -0.39 is 0 Å². The zero-order chi connectivity index (χ0) is 44.9. The van der Waals surface area contributed by atoms with Crippen molar-refractivity contribution in [1.82, 2.24) is 0 Å². The van der Waals surface area contributed by atoms with Crippen LogP contribution in [0.1, 0.15) is 202 Å². The van der Waals surface area contributed by atoms with Gasteiger partial charge >= 0.3 is 19.5 Å².